The summed E-state index contributed by atoms with van der Waals surface area (Å²) in [6.45, 7) is 6.34. The molecule has 0 rings (SSSR count). The van der Waals surface area contributed by atoms with Crippen molar-refractivity contribution >= 4 is 17.9 Å². The molecule has 0 aromatic heterocycles. The van der Waals surface area contributed by atoms with Crippen LogP contribution in [0.2, 0.25) is 0 Å². The fourth-order valence-electron chi connectivity index (χ4n) is 6.36. The van der Waals surface area contributed by atoms with E-state index in [0.717, 1.165) is 116 Å². The van der Waals surface area contributed by atoms with Gasteiger partial charge in [-0.15, -0.1) is 0 Å². The lowest BCUT2D eigenvalue weighted by atomic mass is 10.1. The van der Waals surface area contributed by atoms with Crippen molar-refractivity contribution in [2.45, 2.75) is 213 Å². The van der Waals surface area contributed by atoms with Crippen LogP contribution in [0, 0.1) is 0 Å². The summed E-state index contributed by atoms with van der Waals surface area (Å²) in [5, 5.41) is 0. The SMILES string of the molecule is CC/C=C\C/C=C\C/C=C\C/C=C\C/C=C\C/C=C\C/C=C\C/C=C\C/C=C\CCCC(=O)OCC(COC(=O)CCCCCCCC)OC(=O)CCCCCCC/C=C\CCCC. The van der Waals surface area contributed by atoms with E-state index in [1.807, 2.05) is 0 Å². The molecule has 6 heteroatoms. The number of carbonyl (C=O) groups is 3. The van der Waals surface area contributed by atoms with E-state index >= 15 is 0 Å². The second-order valence-corrected chi connectivity index (χ2v) is 16.3. The molecule has 1 atom stereocenters. The van der Waals surface area contributed by atoms with Crippen molar-refractivity contribution in [3.05, 3.63) is 122 Å². The zero-order valence-corrected chi connectivity index (χ0v) is 41.0. The zero-order chi connectivity index (χ0) is 46.5. The lowest BCUT2D eigenvalue weighted by Gasteiger charge is -2.18. The molecule has 0 spiro atoms. The number of esters is 3. The Morgan fingerprint density at radius 2 is 0.641 bits per heavy atom. The van der Waals surface area contributed by atoms with Gasteiger partial charge in [-0.05, 0) is 103 Å². The first kappa shape index (κ1) is 59.8. The summed E-state index contributed by atoms with van der Waals surface area (Å²) in [4.78, 5) is 37.6. The molecule has 0 amide bonds. The summed E-state index contributed by atoms with van der Waals surface area (Å²) >= 11 is 0. The Kier molecular flexibility index (Phi) is 48.1. The van der Waals surface area contributed by atoms with Crippen LogP contribution in [0.15, 0.2) is 122 Å². The van der Waals surface area contributed by atoms with Crippen molar-refractivity contribution in [1.29, 1.82) is 0 Å². The molecule has 0 fully saturated rings. The average Bonchev–Trinajstić information content (AvgIpc) is 3.29. The van der Waals surface area contributed by atoms with Crippen LogP contribution in [0.5, 0.6) is 0 Å². The first-order valence-corrected chi connectivity index (χ1v) is 25.5. The summed E-state index contributed by atoms with van der Waals surface area (Å²) in [7, 11) is 0. The normalized spacial score (nSPS) is 13.1. The maximum atomic E-state index is 12.7. The minimum atomic E-state index is -0.803. The lowest BCUT2D eigenvalue weighted by molar-refractivity contribution is -0.167. The van der Waals surface area contributed by atoms with E-state index in [2.05, 4.69) is 142 Å². The van der Waals surface area contributed by atoms with E-state index in [0.29, 0.717) is 19.3 Å². The Morgan fingerprint density at radius 3 is 1.08 bits per heavy atom. The van der Waals surface area contributed by atoms with Crippen molar-refractivity contribution < 1.29 is 28.6 Å². The molecule has 0 aliphatic heterocycles. The highest BCUT2D eigenvalue weighted by molar-refractivity contribution is 5.71. The molecular formula is C58H92O6. The molecular weight excluding hydrogens is 793 g/mol. The van der Waals surface area contributed by atoms with Gasteiger partial charge < -0.3 is 14.2 Å². The lowest BCUT2D eigenvalue weighted by Crippen LogP contribution is -2.30. The van der Waals surface area contributed by atoms with Crippen molar-refractivity contribution in [3.63, 3.8) is 0 Å². The molecule has 0 aromatic rings. The van der Waals surface area contributed by atoms with Crippen LogP contribution in [-0.4, -0.2) is 37.2 Å². The first-order valence-electron chi connectivity index (χ1n) is 25.5. The second kappa shape index (κ2) is 51.4. The second-order valence-electron chi connectivity index (χ2n) is 16.3. The third-order valence-corrected chi connectivity index (χ3v) is 10.2. The number of rotatable bonds is 44. The minimum absolute atomic E-state index is 0.102. The molecule has 0 bridgehead atoms. The summed E-state index contributed by atoms with van der Waals surface area (Å²) in [6, 6.07) is 0. The predicted molar refractivity (Wildman–Crippen MR) is 274 cm³/mol. The molecule has 0 heterocycles. The van der Waals surface area contributed by atoms with Gasteiger partial charge in [0.05, 0.1) is 0 Å². The highest BCUT2D eigenvalue weighted by Gasteiger charge is 2.19. The number of unbranched alkanes of at least 4 members (excludes halogenated alkanes) is 13. The molecule has 0 saturated heterocycles. The molecule has 0 N–H and O–H groups in total. The van der Waals surface area contributed by atoms with Gasteiger partial charge in [0, 0.05) is 19.3 Å². The van der Waals surface area contributed by atoms with Gasteiger partial charge in [-0.1, -0.05) is 206 Å². The number of hydrogen-bond donors (Lipinski definition) is 0. The highest BCUT2D eigenvalue weighted by Crippen LogP contribution is 2.12. The fraction of sp³-hybridized carbons (Fsp3) is 0.603. The Balaban J connectivity index is 4.27. The third kappa shape index (κ3) is 48.8. The van der Waals surface area contributed by atoms with Crippen molar-refractivity contribution in [3.8, 4) is 0 Å². The largest absolute Gasteiger partial charge is 0.462 e. The standard InChI is InChI=1S/C58H92O6/c1-4-7-10-13-16-18-20-21-22-23-24-25-26-27-28-29-30-31-32-33-34-35-36-37-39-40-42-45-48-51-57(60)63-54-55(53-62-56(59)50-47-44-15-12-9-6-3)64-58(61)52-49-46-43-41-38-19-17-14-11-8-5-2/h7,10,14,16-18,21-22,24-25,27-28,30-31,33-34,36-37,40,42,55H,4-6,8-9,11-13,15,19-20,23,26,29,32,35,38-39,41,43-54H2,1-3H3/b10-7-,17-14-,18-16-,22-21-,25-24-,28-27-,31-30-,34-33-,37-36-,42-40-. The number of ether oxygens (including phenoxy) is 3. The van der Waals surface area contributed by atoms with Crippen LogP contribution in [-0.2, 0) is 28.6 Å². The molecule has 0 aliphatic carbocycles. The minimum Gasteiger partial charge on any atom is -0.462 e. The fourth-order valence-corrected chi connectivity index (χ4v) is 6.36. The van der Waals surface area contributed by atoms with Crippen molar-refractivity contribution in [1.82, 2.24) is 0 Å². The van der Waals surface area contributed by atoms with Gasteiger partial charge in [-0.25, -0.2) is 0 Å². The molecule has 0 aliphatic rings. The Labute approximate surface area is 392 Å². The molecule has 0 radical (unpaired) electrons. The van der Waals surface area contributed by atoms with Gasteiger partial charge in [0.25, 0.3) is 0 Å². The molecule has 6 nitrogen and oxygen atoms in total. The molecule has 0 aromatic carbocycles. The summed E-state index contributed by atoms with van der Waals surface area (Å²) in [5.74, 6) is -0.996. The topological polar surface area (TPSA) is 78.9 Å². The number of carbonyl (C=O) groups excluding carboxylic acids is 3. The van der Waals surface area contributed by atoms with E-state index in [1.54, 1.807) is 0 Å². The summed E-state index contributed by atoms with van der Waals surface area (Å²) < 4.78 is 16.6. The van der Waals surface area contributed by atoms with E-state index in [-0.39, 0.29) is 37.5 Å². The van der Waals surface area contributed by atoms with Crippen LogP contribution < -0.4 is 0 Å². The molecule has 360 valence electrons. The van der Waals surface area contributed by atoms with Crippen LogP contribution in [0.3, 0.4) is 0 Å². The van der Waals surface area contributed by atoms with Crippen molar-refractivity contribution in [2.24, 2.45) is 0 Å². The third-order valence-electron chi connectivity index (χ3n) is 10.2. The van der Waals surface area contributed by atoms with Gasteiger partial charge in [0.2, 0.25) is 0 Å². The Hall–Kier alpha value is -4.19. The molecule has 1 unspecified atom stereocenters. The number of hydrogen-bond acceptors (Lipinski definition) is 6. The van der Waals surface area contributed by atoms with Crippen LogP contribution in [0.25, 0.3) is 0 Å². The Morgan fingerprint density at radius 1 is 0.328 bits per heavy atom. The van der Waals surface area contributed by atoms with E-state index in [1.165, 1.54) is 44.9 Å². The predicted octanol–water partition coefficient (Wildman–Crippen LogP) is 16.9. The van der Waals surface area contributed by atoms with Crippen LogP contribution in [0.4, 0.5) is 0 Å². The summed E-state index contributed by atoms with van der Waals surface area (Å²) in [5.41, 5.74) is 0. The average molecular weight is 885 g/mol. The van der Waals surface area contributed by atoms with E-state index in [4.69, 9.17) is 14.2 Å². The monoisotopic (exact) mass is 885 g/mol. The smallest absolute Gasteiger partial charge is 0.306 e. The molecule has 64 heavy (non-hydrogen) atoms. The summed E-state index contributed by atoms with van der Waals surface area (Å²) in [6.07, 6.45) is 70.8. The van der Waals surface area contributed by atoms with Gasteiger partial charge in [-0.2, -0.15) is 0 Å². The van der Waals surface area contributed by atoms with Crippen LogP contribution in [0.1, 0.15) is 207 Å². The maximum absolute atomic E-state index is 12.7. The zero-order valence-electron chi connectivity index (χ0n) is 41.0. The van der Waals surface area contributed by atoms with Gasteiger partial charge in [0.15, 0.2) is 6.10 Å². The van der Waals surface area contributed by atoms with E-state index < -0.39 is 6.10 Å². The van der Waals surface area contributed by atoms with Crippen LogP contribution >= 0.6 is 0 Å². The van der Waals surface area contributed by atoms with Crippen molar-refractivity contribution in [2.75, 3.05) is 13.2 Å². The first-order chi connectivity index (χ1) is 31.5. The van der Waals surface area contributed by atoms with Gasteiger partial charge in [-0.3, -0.25) is 14.4 Å². The molecule has 0 saturated carbocycles. The Bertz CT molecular complexity index is 1390. The maximum Gasteiger partial charge on any atom is 0.306 e. The van der Waals surface area contributed by atoms with E-state index in [9.17, 15) is 14.4 Å². The van der Waals surface area contributed by atoms with Gasteiger partial charge in [0.1, 0.15) is 13.2 Å². The van der Waals surface area contributed by atoms with Gasteiger partial charge >= 0.3 is 17.9 Å². The number of allylic oxidation sites excluding steroid dienone is 20. The highest BCUT2D eigenvalue weighted by atomic mass is 16.6. The quantitative estimate of drug-likeness (QED) is 0.0262.